The fourth-order valence-electron chi connectivity index (χ4n) is 1.54. The Labute approximate surface area is 124 Å². The molecule has 0 aliphatic carbocycles. The molecule has 0 aromatic heterocycles. The number of amides is 1. The van der Waals surface area contributed by atoms with E-state index in [0.717, 1.165) is 15.2 Å². The molecular weight excluding hydrogens is 358 g/mol. The number of carbonyl (C=O) groups is 1. The summed E-state index contributed by atoms with van der Waals surface area (Å²) in [4.78, 5) is 12.0. The van der Waals surface area contributed by atoms with Crippen molar-refractivity contribution in [3.8, 4) is 0 Å². The Kier molecular flexibility index (Phi) is 4.04. The van der Waals surface area contributed by atoms with Crippen LogP contribution < -0.4 is 11.1 Å². The van der Waals surface area contributed by atoms with E-state index in [1.807, 2.05) is 25.1 Å². The molecule has 0 fully saturated rings. The number of halogens is 2. The van der Waals surface area contributed by atoms with Crippen molar-refractivity contribution in [3.05, 3.63) is 56.9 Å². The highest BCUT2D eigenvalue weighted by atomic mass is 127. The molecule has 2 rings (SSSR count). The number of anilines is 2. The van der Waals surface area contributed by atoms with Crippen LogP contribution in [0.3, 0.4) is 0 Å². The molecule has 0 heterocycles. The number of nitrogens with one attached hydrogen (secondary N) is 1. The van der Waals surface area contributed by atoms with Gasteiger partial charge >= 0.3 is 0 Å². The molecule has 98 valence electrons. The second kappa shape index (κ2) is 5.56. The molecule has 0 unspecified atom stereocenters. The van der Waals surface area contributed by atoms with Gasteiger partial charge in [-0.1, -0.05) is 6.07 Å². The van der Waals surface area contributed by atoms with Gasteiger partial charge in [0.2, 0.25) is 0 Å². The summed E-state index contributed by atoms with van der Waals surface area (Å²) in [6.45, 7) is 1.99. The number of hydrogen-bond donors (Lipinski definition) is 2. The number of aryl methyl sites for hydroxylation is 1. The average molecular weight is 370 g/mol. The fourth-order valence-corrected chi connectivity index (χ4v) is 2.06. The van der Waals surface area contributed by atoms with Crippen LogP contribution in [-0.4, -0.2) is 5.91 Å². The van der Waals surface area contributed by atoms with Gasteiger partial charge in [-0.2, -0.15) is 0 Å². The van der Waals surface area contributed by atoms with E-state index < -0.39 is 5.82 Å². The Bertz CT molecular complexity index is 643. The predicted molar refractivity (Wildman–Crippen MR) is 82.7 cm³/mol. The Balaban J connectivity index is 2.20. The van der Waals surface area contributed by atoms with Crippen molar-refractivity contribution < 1.29 is 9.18 Å². The van der Waals surface area contributed by atoms with E-state index in [-0.39, 0.29) is 17.2 Å². The maximum Gasteiger partial charge on any atom is 0.255 e. The fraction of sp³-hybridized carbons (Fsp3) is 0.0714. The zero-order chi connectivity index (χ0) is 14.0. The van der Waals surface area contributed by atoms with E-state index in [2.05, 4.69) is 27.9 Å². The number of carbonyl (C=O) groups excluding carboxylic acids is 1. The number of nitrogen functional groups attached to an aromatic ring is 1. The Morgan fingerprint density at radius 2 is 2.00 bits per heavy atom. The molecule has 2 aromatic carbocycles. The van der Waals surface area contributed by atoms with Crippen LogP contribution in [0.15, 0.2) is 36.4 Å². The highest BCUT2D eigenvalue weighted by Crippen LogP contribution is 2.18. The van der Waals surface area contributed by atoms with Crippen LogP contribution >= 0.6 is 22.6 Å². The van der Waals surface area contributed by atoms with Gasteiger partial charge in [0.15, 0.2) is 0 Å². The summed E-state index contributed by atoms with van der Waals surface area (Å²) < 4.78 is 14.3. The van der Waals surface area contributed by atoms with Gasteiger partial charge in [-0.25, -0.2) is 4.39 Å². The van der Waals surface area contributed by atoms with Gasteiger partial charge in [0.1, 0.15) is 5.82 Å². The highest BCUT2D eigenvalue weighted by Gasteiger charge is 2.09. The smallest absolute Gasteiger partial charge is 0.255 e. The van der Waals surface area contributed by atoms with Crippen molar-refractivity contribution in [1.29, 1.82) is 0 Å². The lowest BCUT2D eigenvalue weighted by Crippen LogP contribution is -2.12. The molecule has 0 atom stereocenters. The number of hydrogen-bond acceptors (Lipinski definition) is 2. The largest absolute Gasteiger partial charge is 0.396 e. The Morgan fingerprint density at radius 3 is 2.63 bits per heavy atom. The minimum absolute atomic E-state index is 0.0291. The SMILES string of the molecule is Cc1ccc(NC(=O)c2ccc(N)c(F)c2)cc1I. The third kappa shape index (κ3) is 3.23. The summed E-state index contributed by atoms with van der Waals surface area (Å²) in [5.74, 6) is -0.954. The molecule has 19 heavy (non-hydrogen) atoms. The van der Waals surface area contributed by atoms with Gasteiger partial charge in [0.05, 0.1) is 5.69 Å². The van der Waals surface area contributed by atoms with E-state index in [9.17, 15) is 9.18 Å². The minimum Gasteiger partial charge on any atom is -0.396 e. The predicted octanol–water partition coefficient (Wildman–Crippen LogP) is 3.57. The van der Waals surface area contributed by atoms with Crippen molar-refractivity contribution >= 4 is 39.9 Å². The topological polar surface area (TPSA) is 55.1 Å². The van der Waals surface area contributed by atoms with Gasteiger partial charge in [0, 0.05) is 14.8 Å². The molecule has 0 radical (unpaired) electrons. The summed E-state index contributed by atoms with van der Waals surface area (Å²) in [7, 11) is 0. The van der Waals surface area contributed by atoms with Gasteiger partial charge in [-0.05, 0) is 65.4 Å². The molecule has 0 saturated heterocycles. The first kappa shape index (κ1) is 13.8. The minimum atomic E-state index is -0.592. The molecular formula is C14H12FIN2O. The third-order valence-corrected chi connectivity index (χ3v) is 3.85. The lowest BCUT2D eigenvalue weighted by Gasteiger charge is -2.07. The van der Waals surface area contributed by atoms with Crippen LogP contribution in [-0.2, 0) is 0 Å². The monoisotopic (exact) mass is 370 g/mol. The number of nitrogens with two attached hydrogens (primary N) is 1. The van der Waals surface area contributed by atoms with Gasteiger partial charge in [-0.3, -0.25) is 4.79 Å². The number of benzene rings is 2. The van der Waals surface area contributed by atoms with E-state index in [0.29, 0.717) is 5.69 Å². The van der Waals surface area contributed by atoms with Crippen LogP contribution in [0.5, 0.6) is 0 Å². The zero-order valence-corrected chi connectivity index (χ0v) is 12.4. The third-order valence-electron chi connectivity index (χ3n) is 2.69. The summed E-state index contributed by atoms with van der Waals surface area (Å²) >= 11 is 2.19. The molecule has 3 nitrogen and oxygen atoms in total. The first-order valence-electron chi connectivity index (χ1n) is 5.60. The van der Waals surface area contributed by atoms with Crippen molar-refractivity contribution in [2.75, 3.05) is 11.1 Å². The normalized spacial score (nSPS) is 10.3. The Morgan fingerprint density at radius 1 is 1.26 bits per heavy atom. The Hall–Kier alpha value is -1.63. The molecule has 5 heteroatoms. The van der Waals surface area contributed by atoms with Crippen molar-refractivity contribution in [2.45, 2.75) is 6.92 Å². The van der Waals surface area contributed by atoms with E-state index in [4.69, 9.17) is 5.73 Å². The number of rotatable bonds is 2. The molecule has 0 aliphatic heterocycles. The maximum absolute atomic E-state index is 13.3. The van der Waals surface area contributed by atoms with E-state index in [1.54, 1.807) is 0 Å². The van der Waals surface area contributed by atoms with E-state index in [1.165, 1.54) is 12.1 Å². The molecule has 3 N–H and O–H groups in total. The lowest BCUT2D eigenvalue weighted by molar-refractivity contribution is 0.102. The summed E-state index contributed by atoms with van der Waals surface area (Å²) in [5, 5.41) is 2.72. The van der Waals surface area contributed by atoms with Crippen LogP contribution in [0.4, 0.5) is 15.8 Å². The molecule has 1 amide bonds. The first-order chi connectivity index (χ1) is 8.97. The lowest BCUT2D eigenvalue weighted by atomic mass is 10.1. The molecule has 0 saturated carbocycles. The summed E-state index contributed by atoms with van der Waals surface area (Å²) in [5.41, 5.74) is 7.45. The van der Waals surface area contributed by atoms with Crippen LogP contribution in [0.1, 0.15) is 15.9 Å². The average Bonchev–Trinajstić information content (AvgIpc) is 2.37. The van der Waals surface area contributed by atoms with Crippen LogP contribution in [0.2, 0.25) is 0 Å². The quantitative estimate of drug-likeness (QED) is 0.627. The second-order valence-corrected chi connectivity index (χ2v) is 5.32. The maximum atomic E-state index is 13.3. The van der Waals surface area contributed by atoms with Crippen molar-refractivity contribution in [3.63, 3.8) is 0 Å². The summed E-state index contributed by atoms with van der Waals surface area (Å²) in [6, 6.07) is 9.59. The zero-order valence-electron chi connectivity index (χ0n) is 10.2. The van der Waals surface area contributed by atoms with Gasteiger partial charge < -0.3 is 11.1 Å². The van der Waals surface area contributed by atoms with Crippen molar-refractivity contribution in [1.82, 2.24) is 0 Å². The molecule has 2 aromatic rings. The van der Waals surface area contributed by atoms with E-state index >= 15 is 0 Å². The van der Waals surface area contributed by atoms with Gasteiger partial charge in [0.25, 0.3) is 5.91 Å². The van der Waals surface area contributed by atoms with Crippen LogP contribution in [0, 0.1) is 16.3 Å². The molecule has 0 spiro atoms. The van der Waals surface area contributed by atoms with Crippen LogP contribution in [0.25, 0.3) is 0 Å². The second-order valence-electron chi connectivity index (χ2n) is 4.15. The first-order valence-corrected chi connectivity index (χ1v) is 6.68. The standard InChI is InChI=1S/C14H12FIN2O/c1-8-2-4-10(7-12(8)16)18-14(19)9-3-5-13(17)11(15)6-9/h2-7H,17H2,1H3,(H,18,19). The van der Waals surface area contributed by atoms with Gasteiger partial charge in [-0.15, -0.1) is 0 Å². The highest BCUT2D eigenvalue weighted by molar-refractivity contribution is 14.1. The molecule has 0 aliphatic rings. The molecule has 0 bridgehead atoms. The van der Waals surface area contributed by atoms with Crippen molar-refractivity contribution in [2.24, 2.45) is 0 Å². The summed E-state index contributed by atoms with van der Waals surface area (Å²) in [6.07, 6.45) is 0.